The van der Waals surface area contributed by atoms with Crippen molar-refractivity contribution in [1.29, 1.82) is 0 Å². The van der Waals surface area contributed by atoms with Crippen LogP contribution in [0.25, 0.3) is 10.9 Å². The van der Waals surface area contributed by atoms with Crippen molar-refractivity contribution in [1.82, 2.24) is 10.3 Å². The van der Waals surface area contributed by atoms with Crippen molar-refractivity contribution in [2.24, 2.45) is 0 Å². The Morgan fingerprint density at radius 1 is 1.16 bits per heavy atom. The molecule has 2 aromatic carbocycles. The summed E-state index contributed by atoms with van der Waals surface area (Å²) in [5, 5.41) is 15.1. The second kappa shape index (κ2) is 6.76. The molecule has 0 saturated carbocycles. The molecule has 0 spiro atoms. The van der Waals surface area contributed by atoms with Gasteiger partial charge in [-0.15, -0.1) is 0 Å². The van der Waals surface area contributed by atoms with Crippen LogP contribution < -0.4 is 5.32 Å². The number of fused-ring (bicyclic) bond motifs is 1. The van der Waals surface area contributed by atoms with E-state index in [1.165, 1.54) is 6.07 Å². The Hall–Kier alpha value is -3.15. The van der Waals surface area contributed by atoms with Gasteiger partial charge in [0.2, 0.25) is 0 Å². The van der Waals surface area contributed by atoms with Crippen LogP contribution in [0.4, 0.5) is 5.69 Å². The topological polar surface area (TPSA) is 88.0 Å². The number of amides is 1. The molecule has 3 aromatic rings. The number of carbonyl (C=O) groups is 1. The van der Waals surface area contributed by atoms with E-state index in [1.54, 1.807) is 19.1 Å². The zero-order valence-electron chi connectivity index (χ0n) is 14.1. The molecule has 0 aliphatic rings. The first kappa shape index (κ1) is 16.7. The molecule has 0 saturated heterocycles. The summed E-state index contributed by atoms with van der Waals surface area (Å²) >= 11 is 0. The molecule has 6 heteroatoms. The highest BCUT2D eigenvalue weighted by atomic mass is 16.6. The minimum Gasteiger partial charge on any atom is -0.358 e. The third-order valence-electron chi connectivity index (χ3n) is 4.36. The molecule has 25 heavy (non-hydrogen) atoms. The van der Waals surface area contributed by atoms with Gasteiger partial charge in [-0.25, -0.2) is 0 Å². The van der Waals surface area contributed by atoms with Crippen molar-refractivity contribution in [2.75, 3.05) is 6.54 Å². The predicted octanol–water partition coefficient (Wildman–Crippen LogP) is 3.67. The van der Waals surface area contributed by atoms with Gasteiger partial charge in [0.1, 0.15) is 5.56 Å². The van der Waals surface area contributed by atoms with Gasteiger partial charge in [-0.2, -0.15) is 0 Å². The zero-order chi connectivity index (χ0) is 18.0. The zero-order valence-corrected chi connectivity index (χ0v) is 14.1. The fourth-order valence-electron chi connectivity index (χ4n) is 3.15. The normalized spacial score (nSPS) is 10.8. The number of rotatable bonds is 5. The molecule has 1 amide bonds. The maximum atomic E-state index is 12.4. The number of hydrogen-bond acceptors (Lipinski definition) is 3. The monoisotopic (exact) mass is 337 g/mol. The minimum absolute atomic E-state index is 0.128. The van der Waals surface area contributed by atoms with Gasteiger partial charge in [0.05, 0.1) is 4.92 Å². The summed E-state index contributed by atoms with van der Waals surface area (Å²) in [7, 11) is 0. The highest BCUT2D eigenvalue weighted by Crippen LogP contribution is 2.23. The summed E-state index contributed by atoms with van der Waals surface area (Å²) in [5.74, 6) is -0.415. The number of benzene rings is 2. The molecule has 0 atom stereocenters. The predicted molar refractivity (Wildman–Crippen MR) is 96.9 cm³/mol. The number of aromatic nitrogens is 1. The summed E-state index contributed by atoms with van der Waals surface area (Å²) in [6.45, 7) is 4.11. The number of para-hydroxylation sites is 1. The SMILES string of the molecule is Cc1cccc([N+](=O)[O-])c1C(=O)NCCc1c(C)[nH]c2ccccc12. The van der Waals surface area contributed by atoms with Crippen LogP contribution >= 0.6 is 0 Å². The van der Waals surface area contributed by atoms with Gasteiger partial charge in [-0.05, 0) is 37.5 Å². The number of carbonyl (C=O) groups excluding carboxylic acids is 1. The quantitative estimate of drug-likeness (QED) is 0.550. The number of nitrogens with one attached hydrogen (secondary N) is 2. The molecule has 0 aliphatic heterocycles. The summed E-state index contributed by atoms with van der Waals surface area (Å²) in [4.78, 5) is 26.4. The van der Waals surface area contributed by atoms with Gasteiger partial charge in [-0.1, -0.05) is 30.3 Å². The molecule has 0 radical (unpaired) electrons. The van der Waals surface area contributed by atoms with Crippen molar-refractivity contribution >= 4 is 22.5 Å². The Kier molecular flexibility index (Phi) is 4.52. The van der Waals surface area contributed by atoms with Gasteiger partial charge < -0.3 is 10.3 Å². The highest BCUT2D eigenvalue weighted by molar-refractivity contribution is 5.99. The first-order valence-corrected chi connectivity index (χ1v) is 8.07. The number of nitro groups is 1. The van der Waals surface area contributed by atoms with Crippen LogP contribution in [0, 0.1) is 24.0 Å². The lowest BCUT2D eigenvalue weighted by Gasteiger charge is -2.08. The van der Waals surface area contributed by atoms with E-state index in [0.29, 0.717) is 18.5 Å². The number of nitrogens with zero attached hydrogens (tertiary/aromatic N) is 1. The Balaban J connectivity index is 1.75. The lowest BCUT2D eigenvalue weighted by molar-refractivity contribution is -0.385. The van der Waals surface area contributed by atoms with Crippen molar-refractivity contribution < 1.29 is 9.72 Å². The van der Waals surface area contributed by atoms with E-state index in [2.05, 4.69) is 10.3 Å². The average molecular weight is 337 g/mol. The standard InChI is InChI=1S/C19H19N3O3/c1-12-6-5-9-17(22(24)25)18(12)19(23)20-11-10-14-13(2)21-16-8-4-3-7-15(14)16/h3-9,21H,10-11H2,1-2H3,(H,20,23). The third-order valence-corrected chi connectivity index (χ3v) is 4.36. The molecule has 1 aromatic heterocycles. The van der Waals surface area contributed by atoms with Crippen LogP contribution in [0.1, 0.15) is 27.2 Å². The molecule has 0 aliphatic carbocycles. The van der Waals surface area contributed by atoms with Crippen molar-refractivity contribution in [3.8, 4) is 0 Å². The van der Waals surface area contributed by atoms with Crippen LogP contribution in [0.5, 0.6) is 0 Å². The van der Waals surface area contributed by atoms with Crippen molar-refractivity contribution in [3.63, 3.8) is 0 Å². The number of nitro benzene ring substituents is 1. The summed E-state index contributed by atoms with van der Waals surface area (Å²) in [5.41, 5.74) is 3.84. The van der Waals surface area contributed by atoms with Crippen molar-refractivity contribution in [3.05, 3.63) is 75.0 Å². The van der Waals surface area contributed by atoms with Crippen LogP contribution in [0.15, 0.2) is 42.5 Å². The first-order chi connectivity index (χ1) is 12.0. The summed E-state index contributed by atoms with van der Waals surface area (Å²) in [6.07, 6.45) is 0.654. The van der Waals surface area contributed by atoms with E-state index < -0.39 is 10.8 Å². The Morgan fingerprint density at radius 2 is 1.92 bits per heavy atom. The molecule has 2 N–H and O–H groups in total. The molecule has 6 nitrogen and oxygen atoms in total. The number of H-pyrrole nitrogens is 1. The molecular weight excluding hydrogens is 318 g/mol. The van der Waals surface area contributed by atoms with Crippen LogP contribution in [-0.2, 0) is 6.42 Å². The molecule has 1 heterocycles. The smallest absolute Gasteiger partial charge is 0.282 e. The van der Waals surface area contributed by atoms with E-state index in [-0.39, 0.29) is 11.3 Å². The molecule has 0 unspecified atom stereocenters. The largest absolute Gasteiger partial charge is 0.358 e. The Morgan fingerprint density at radius 3 is 2.68 bits per heavy atom. The molecular formula is C19H19N3O3. The number of aromatic amines is 1. The van der Waals surface area contributed by atoms with Crippen LogP contribution in [-0.4, -0.2) is 22.4 Å². The fourth-order valence-corrected chi connectivity index (χ4v) is 3.15. The van der Waals surface area contributed by atoms with Gasteiger partial charge >= 0.3 is 0 Å². The van der Waals surface area contributed by atoms with Gasteiger partial charge in [0.15, 0.2) is 0 Å². The van der Waals surface area contributed by atoms with E-state index in [1.807, 2.05) is 31.2 Å². The second-order valence-electron chi connectivity index (χ2n) is 6.01. The highest BCUT2D eigenvalue weighted by Gasteiger charge is 2.21. The van der Waals surface area contributed by atoms with E-state index in [0.717, 1.165) is 22.2 Å². The number of hydrogen-bond donors (Lipinski definition) is 2. The summed E-state index contributed by atoms with van der Waals surface area (Å²) in [6, 6.07) is 12.6. The maximum Gasteiger partial charge on any atom is 0.282 e. The van der Waals surface area contributed by atoms with Crippen LogP contribution in [0.3, 0.4) is 0 Å². The molecule has 128 valence electrons. The van der Waals surface area contributed by atoms with Gasteiger partial charge in [0, 0.05) is 29.2 Å². The minimum atomic E-state index is -0.522. The lowest BCUT2D eigenvalue weighted by atomic mass is 10.1. The number of aryl methyl sites for hydroxylation is 2. The fraction of sp³-hybridized carbons (Fsp3) is 0.211. The maximum absolute atomic E-state index is 12.4. The Bertz CT molecular complexity index is 960. The summed E-state index contributed by atoms with van der Waals surface area (Å²) < 4.78 is 0. The second-order valence-corrected chi connectivity index (χ2v) is 6.01. The van der Waals surface area contributed by atoms with Crippen LogP contribution in [0.2, 0.25) is 0 Å². The van der Waals surface area contributed by atoms with Gasteiger partial charge in [0.25, 0.3) is 11.6 Å². The van der Waals surface area contributed by atoms with E-state index in [4.69, 9.17) is 0 Å². The molecule has 0 bridgehead atoms. The Labute approximate surface area is 145 Å². The molecule has 0 fully saturated rings. The van der Waals surface area contributed by atoms with Crippen molar-refractivity contribution in [2.45, 2.75) is 20.3 Å². The lowest BCUT2D eigenvalue weighted by Crippen LogP contribution is -2.27. The third kappa shape index (κ3) is 3.24. The van der Waals surface area contributed by atoms with Gasteiger partial charge in [-0.3, -0.25) is 14.9 Å². The molecule has 3 rings (SSSR count). The first-order valence-electron chi connectivity index (χ1n) is 8.07. The van der Waals surface area contributed by atoms with E-state index >= 15 is 0 Å². The average Bonchev–Trinajstić information content (AvgIpc) is 2.90. The van der Waals surface area contributed by atoms with E-state index in [9.17, 15) is 14.9 Å².